The highest BCUT2D eigenvalue weighted by molar-refractivity contribution is 5.63. The SMILES string of the molecule is CCNc1ccc(OCC2(C)COC2)cc1[N+](=O)[O-]. The van der Waals surface area contributed by atoms with Crippen molar-refractivity contribution >= 4 is 11.4 Å². The van der Waals surface area contributed by atoms with E-state index < -0.39 is 4.92 Å². The molecule has 0 amide bonds. The lowest BCUT2D eigenvalue weighted by Crippen LogP contribution is -2.44. The number of nitrogens with one attached hydrogen (secondary N) is 1. The third-order valence-corrected chi connectivity index (χ3v) is 3.02. The van der Waals surface area contributed by atoms with Crippen molar-refractivity contribution in [2.45, 2.75) is 13.8 Å². The predicted octanol–water partition coefficient (Wildman–Crippen LogP) is 2.44. The summed E-state index contributed by atoms with van der Waals surface area (Å²) in [5, 5.41) is 14.0. The van der Waals surface area contributed by atoms with Crippen molar-refractivity contribution < 1.29 is 14.4 Å². The minimum Gasteiger partial charge on any atom is -0.493 e. The first kappa shape index (κ1) is 13.6. The molecule has 1 saturated heterocycles. The Morgan fingerprint density at radius 2 is 2.26 bits per heavy atom. The van der Waals surface area contributed by atoms with Gasteiger partial charge in [-0.3, -0.25) is 10.1 Å². The van der Waals surface area contributed by atoms with Crippen molar-refractivity contribution in [2.75, 3.05) is 31.7 Å². The average molecular weight is 266 g/mol. The summed E-state index contributed by atoms with van der Waals surface area (Å²) in [6.07, 6.45) is 0. The lowest BCUT2D eigenvalue weighted by atomic mass is 9.90. The van der Waals surface area contributed by atoms with Crippen LogP contribution in [0.3, 0.4) is 0 Å². The number of hydrogen-bond acceptors (Lipinski definition) is 5. The maximum absolute atomic E-state index is 11.0. The lowest BCUT2D eigenvalue weighted by molar-refractivity contribution is -0.384. The monoisotopic (exact) mass is 266 g/mol. The molecule has 1 aromatic carbocycles. The van der Waals surface area contributed by atoms with E-state index in [9.17, 15) is 10.1 Å². The molecule has 104 valence electrons. The summed E-state index contributed by atoms with van der Waals surface area (Å²) >= 11 is 0. The van der Waals surface area contributed by atoms with E-state index in [1.807, 2.05) is 6.92 Å². The van der Waals surface area contributed by atoms with Crippen LogP contribution in [0, 0.1) is 15.5 Å². The topological polar surface area (TPSA) is 73.6 Å². The minimum absolute atomic E-state index is 0.0229. The molecule has 1 heterocycles. The summed E-state index contributed by atoms with van der Waals surface area (Å²) in [6, 6.07) is 4.88. The van der Waals surface area contributed by atoms with Gasteiger partial charge in [-0.05, 0) is 19.1 Å². The van der Waals surface area contributed by atoms with Crippen LogP contribution in [0.2, 0.25) is 0 Å². The molecule has 1 fully saturated rings. The third kappa shape index (κ3) is 3.14. The second kappa shape index (κ2) is 5.44. The molecule has 6 heteroatoms. The molecule has 0 atom stereocenters. The van der Waals surface area contributed by atoms with Crippen LogP contribution in [0.15, 0.2) is 18.2 Å². The van der Waals surface area contributed by atoms with Gasteiger partial charge in [0, 0.05) is 12.0 Å². The normalized spacial score (nSPS) is 16.5. The van der Waals surface area contributed by atoms with Gasteiger partial charge >= 0.3 is 0 Å². The summed E-state index contributed by atoms with van der Waals surface area (Å²) in [5.74, 6) is 0.515. The smallest absolute Gasteiger partial charge is 0.296 e. The molecule has 2 rings (SSSR count). The van der Waals surface area contributed by atoms with Gasteiger partial charge in [-0.15, -0.1) is 0 Å². The highest BCUT2D eigenvalue weighted by Crippen LogP contribution is 2.31. The van der Waals surface area contributed by atoms with Gasteiger partial charge in [-0.1, -0.05) is 6.92 Å². The zero-order valence-corrected chi connectivity index (χ0v) is 11.1. The molecule has 1 N–H and O–H groups in total. The second-order valence-electron chi connectivity index (χ2n) is 5.06. The first-order valence-electron chi connectivity index (χ1n) is 6.27. The molecular formula is C13H18N2O4. The van der Waals surface area contributed by atoms with Gasteiger partial charge in [0.2, 0.25) is 0 Å². The van der Waals surface area contributed by atoms with E-state index >= 15 is 0 Å². The van der Waals surface area contributed by atoms with Gasteiger partial charge in [0.1, 0.15) is 11.4 Å². The van der Waals surface area contributed by atoms with E-state index in [0.29, 0.717) is 37.8 Å². The van der Waals surface area contributed by atoms with E-state index in [1.165, 1.54) is 6.07 Å². The molecule has 1 aliphatic heterocycles. The molecule has 0 unspecified atom stereocenters. The van der Waals surface area contributed by atoms with Gasteiger partial charge in [-0.25, -0.2) is 0 Å². The Hall–Kier alpha value is -1.82. The summed E-state index contributed by atoms with van der Waals surface area (Å²) in [4.78, 5) is 10.6. The Morgan fingerprint density at radius 1 is 1.53 bits per heavy atom. The molecule has 0 aliphatic carbocycles. The summed E-state index contributed by atoms with van der Waals surface area (Å²) in [5.41, 5.74) is 0.571. The minimum atomic E-state index is -0.404. The number of ether oxygens (including phenoxy) is 2. The van der Waals surface area contributed by atoms with Crippen molar-refractivity contribution in [1.29, 1.82) is 0 Å². The van der Waals surface area contributed by atoms with Gasteiger partial charge < -0.3 is 14.8 Å². The number of nitro benzene ring substituents is 1. The van der Waals surface area contributed by atoms with E-state index in [-0.39, 0.29) is 11.1 Å². The Bertz CT molecular complexity index is 472. The quantitative estimate of drug-likeness (QED) is 0.632. The summed E-state index contributed by atoms with van der Waals surface area (Å²) in [6.45, 7) is 6.44. The van der Waals surface area contributed by atoms with Crippen LogP contribution < -0.4 is 10.1 Å². The van der Waals surface area contributed by atoms with Crippen molar-refractivity contribution in [3.63, 3.8) is 0 Å². The van der Waals surface area contributed by atoms with Gasteiger partial charge in [0.05, 0.1) is 30.8 Å². The number of nitrogens with zero attached hydrogens (tertiary/aromatic N) is 1. The largest absolute Gasteiger partial charge is 0.493 e. The zero-order chi connectivity index (χ0) is 13.9. The number of rotatable bonds is 6. The molecule has 0 saturated carbocycles. The Kier molecular flexibility index (Phi) is 3.90. The zero-order valence-electron chi connectivity index (χ0n) is 11.1. The van der Waals surface area contributed by atoms with Crippen molar-refractivity contribution in [3.05, 3.63) is 28.3 Å². The van der Waals surface area contributed by atoms with Crippen LogP contribution in [0.4, 0.5) is 11.4 Å². The van der Waals surface area contributed by atoms with Crippen LogP contribution in [0.25, 0.3) is 0 Å². The molecule has 1 aliphatic rings. The van der Waals surface area contributed by atoms with Crippen LogP contribution in [0.1, 0.15) is 13.8 Å². The summed E-state index contributed by atoms with van der Waals surface area (Å²) < 4.78 is 10.8. The molecule has 0 radical (unpaired) electrons. The second-order valence-corrected chi connectivity index (χ2v) is 5.06. The highest BCUT2D eigenvalue weighted by Gasteiger charge is 2.34. The maximum Gasteiger partial charge on any atom is 0.296 e. The molecule has 19 heavy (non-hydrogen) atoms. The van der Waals surface area contributed by atoms with Gasteiger partial charge in [0.15, 0.2) is 0 Å². The average Bonchev–Trinajstić information content (AvgIpc) is 2.35. The molecule has 1 aromatic rings. The molecule has 0 bridgehead atoms. The van der Waals surface area contributed by atoms with Gasteiger partial charge in [-0.2, -0.15) is 0 Å². The molecule has 0 spiro atoms. The molecular weight excluding hydrogens is 248 g/mol. The number of anilines is 1. The fourth-order valence-corrected chi connectivity index (χ4v) is 1.88. The fraction of sp³-hybridized carbons (Fsp3) is 0.538. The standard InChI is InChI=1S/C13H18N2O4/c1-3-14-11-5-4-10(6-12(11)15(16)17)19-9-13(2)7-18-8-13/h4-6,14H,3,7-9H2,1-2H3. The molecule has 6 nitrogen and oxygen atoms in total. The van der Waals surface area contributed by atoms with E-state index in [1.54, 1.807) is 12.1 Å². The highest BCUT2D eigenvalue weighted by atomic mass is 16.6. The van der Waals surface area contributed by atoms with Crippen molar-refractivity contribution in [3.8, 4) is 5.75 Å². The van der Waals surface area contributed by atoms with Crippen LogP contribution in [0.5, 0.6) is 5.75 Å². The van der Waals surface area contributed by atoms with E-state index in [4.69, 9.17) is 9.47 Å². The fourth-order valence-electron chi connectivity index (χ4n) is 1.88. The number of benzene rings is 1. The van der Waals surface area contributed by atoms with Crippen molar-refractivity contribution in [1.82, 2.24) is 0 Å². The van der Waals surface area contributed by atoms with Crippen LogP contribution in [-0.4, -0.2) is 31.3 Å². The first-order chi connectivity index (χ1) is 9.04. The molecule has 0 aromatic heterocycles. The van der Waals surface area contributed by atoms with Crippen LogP contribution >= 0.6 is 0 Å². The third-order valence-electron chi connectivity index (χ3n) is 3.02. The number of hydrogen-bond donors (Lipinski definition) is 1. The number of nitro groups is 1. The van der Waals surface area contributed by atoms with Gasteiger partial charge in [0.25, 0.3) is 5.69 Å². The predicted molar refractivity (Wildman–Crippen MR) is 71.7 cm³/mol. The lowest BCUT2D eigenvalue weighted by Gasteiger charge is -2.37. The Morgan fingerprint density at radius 3 is 2.79 bits per heavy atom. The van der Waals surface area contributed by atoms with E-state index in [2.05, 4.69) is 12.2 Å². The van der Waals surface area contributed by atoms with Crippen molar-refractivity contribution in [2.24, 2.45) is 5.41 Å². The first-order valence-corrected chi connectivity index (χ1v) is 6.27. The Balaban J connectivity index is 2.09. The summed E-state index contributed by atoms with van der Waals surface area (Å²) in [7, 11) is 0. The van der Waals surface area contributed by atoms with Crippen LogP contribution in [-0.2, 0) is 4.74 Å². The maximum atomic E-state index is 11.0. The Labute approximate surface area is 111 Å². The van der Waals surface area contributed by atoms with E-state index in [0.717, 1.165) is 0 Å².